The topological polar surface area (TPSA) is 30.7 Å². The fourth-order valence-electron chi connectivity index (χ4n) is 2.86. The second-order valence-electron chi connectivity index (χ2n) is 6.67. The maximum absolute atomic E-state index is 14.4. The number of carbonyl (C=O) groups is 1. The van der Waals surface area contributed by atoms with Gasteiger partial charge in [-0.05, 0) is 41.5 Å². The van der Waals surface area contributed by atoms with E-state index in [-0.39, 0.29) is 29.7 Å². The van der Waals surface area contributed by atoms with Gasteiger partial charge in [0.2, 0.25) is 0 Å². The number of ketones is 1. The summed E-state index contributed by atoms with van der Waals surface area (Å²) < 4.78 is 58.8. The highest BCUT2D eigenvalue weighted by Crippen LogP contribution is 2.35. The Labute approximate surface area is 180 Å². The standard InChI is InChI=1S/C23H14ClF4NO2/c1-29-16-4-7-18(8-5-16)31-19-6-3-15(22(25)13-19)12-17(30)10-14-2-9-21(24)20(11-14)23(26,27)28/h2-9,11,13H,10,12H2. The van der Waals surface area contributed by atoms with E-state index in [4.69, 9.17) is 22.9 Å². The van der Waals surface area contributed by atoms with Crippen LogP contribution in [0.4, 0.5) is 23.2 Å². The summed E-state index contributed by atoms with van der Waals surface area (Å²) in [4.78, 5) is 15.5. The average molecular weight is 448 g/mol. The minimum absolute atomic E-state index is 0.103. The van der Waals surface area contributed by atoms with Crippen molar-refractivity contribution in [2.45, 2.75) is 19.0 Å². The molecule has 0 N–H and O–H groups in total. The highest BCUT2D eigenvalue weighted by molar-refractivity contribution is 6.31. The van der Waals surface area contributed by atoms with Crippen LogP contribution in [0, 0.1) is 12.4 Å². The number of halogens is 5. The third-order valence-electron chi connectivity index (χ3n) is 4.35. The molecule has 0 aromatic heterocycles. The van der Waals surface area contributed by atoms with Gasteiger partial charge in [0, 0.05) is 18.9 Å². The Bertz CT molecular complexity index is 1150. The molecule has 158 valence electrons. The van der Waals surface area contributed by atoms with E-state index in [1.54, 1.807) is 24.3 Å². The monoisotopic (exact) mass is 447 g/mol. The Morgan fingerprint density at radius 1 is 0.968 bits per heavy atom. The molecule has 3 nitrogen and oxygen atoms in total. The normalized spacial score (nSPS) is 11.1. The van der Waals surface area contributed by atoms with E-state index in [0.29, 0.717) is 11.4 Å². The molecule has 0 saturated carbocycles. The summed E-state index contributed by atoms with van der Waals surface area (Å²) in [6.45, 7) is 6.91. The summed E-state index contributed by atoms with van der Waals surface area (Å²) in [6, 6.07) is 13.5. The molecule has 3 rings (SSSR count). The molecule has 0 radical (unpaired) electrons. The van der Waals surface area contributed by atoms with E-state index in [1.807, 2.05) is 0 Å². The van der Waals surface area contributed by atoms with Gasteiger partial charge in [-0.1, -0.05) is 35.9 Å². The predicted octanol–water partition coefficient (Wildman–Crippen LogP) is 7.20. The number of hydrogen-bond acceptors (Lipinski definition) is 2. The number of ether oxygens (including phenoxy) is 1. The van der Waals surface area contributed by atoms with E-state index < -0.39 is 28.4 Å². The highest BCUT2D eigenvalue weighted by Gasteiger charge is 2.33. The van der Waals surface area contributed by atoms with E-state index >= 15 is 0 Å². The SMILES string of the molecule is [C-]#[N+]c1ccc(Oc2ccc(CC(=O)Cc3ccc(Cl)c(C(F)(F)F)c3)c(F)c2)cc1. The molecule has 3 aromatic carbocycles. The van der Waals surface area contributed by atoms with Crippen LogP contribution in [0.5, 0.6) is 11.5 Å². The number of carbonyl (C=O) groups excluding carboxylic acids is 1. The van der Waals surface area contributed by atoms with Crippen molar-refractivity contribution in [2.75, 3.05) is 0 Å². The molecule has 0 heterocycles. The predicted molar refractivity (Wildman–Crippen MR) is 108 cm³/mol. The minimum Gasteiger partial charge on any atom is -0.457 e. The molecule has 0 amide bonds. The zero-order chi connectivity index (χ0) is 22.6. The minimum atomic E-state index is -4.63. The van der Waals surface area contributed by atoms with Gasteiger partial charge >= 0.3 is 6.18 Å². The van der Waals surface area contributed by atoms with Crippen LogP contribution in [-0.4, -0.2) is 5.78 Å². The van der Waals surface area contributed by atoms with Gasteiger partial charge in [-0.2, -0.15) is 13.2 Å². The Hall–Kier alpha value is -3.37. The van der Waals surface area contributed by atoms with E-state index in [2.05, 4.69) is 4.85 Å². The number of nitrogens with zero attached hydrogens (tertiary/aromatic N) is 1. The van der Waals surface area contributed by atoms with Crippen molar-refractivity contribution in [3.63, 3.8) is 0 Å². The first-order valence-electron chi connectivity index (χ1n) is 8.97. The smallest absolute Gasteiger partial charge is 0.417 e. The fourth-order valence-corrected chi connectivity index (χ4v) is 3.09. The third kappa shape index (κ3) is 5.83. The molecule has 0 atom stereocenters. The number of rotatable bonds is 6. The van der Waals surface area contributed by atoms with Crippen LogP contribution >= 0.6 is 11.6 Å². The quantitative estimate of drug-likeness (QED) is 0.295. The lowest BCUT2D eigenvalue weighted by Gasteiger charge is -2.11. The summed E-state index contributed by atoms with van der Waals surface area (Å²) in [6.07, 6.45) is -5.20. The zero-order valence-corrected chi connectivity index (χ0v) is 16.6. The molecule has 8 heteroatoms. The molecule has 0 bridgehead atoms. The summed E-state index contributed by atoms with van der Waals surface area (Å²) in [5.41, 5.74) is -0.331. The highest BCUT2D eigenvalue weighted by atomic mass is 35.5. The molecule has 3 aromatic rings. The molecule has 0 aliphatic carbocycles. The van der Waals surface area contributed by atoms with Crippen molar-refractivity contribution in [3.05, 3.63) is 99.6 Å². The van der Waals surface area contributed by atoms with E-state index in [1.165, 1.54) is 18.2 Å². The summed E-state index contributed by atoms with van der Waals surface area (Å²) in [5, 5.41) is -0.450. The summed E-state index contributed by atoms with van der Waals surface area (Å²) in [5.74, 6) is -0.496. The van der Waals surface area contributed by atoms with Gasteiger partial charge in [0.15, 0.2) is 5.69 Å². The Morgan fingerprint density at radius 2 is 1.65 bits per heavy atom. The first-order chi connectivity index (χ1) is 14.7. The van der Waals surface area contributed by atoms with Crippen molar-refractivity contribution >= 4 is 23.1 Å². The number of hydrogen-bond donors (Lipinski definition) is 0. The largest absolute Gasteiger partial charge is 0.457 e. The number of benzene rings is 3. The van der Waals surface area contributed by atoms with Crippen LogP contribution in [0.1, 0.15) is 16.7 Å². The summed E-state index contributed by atoms with van der Waals surface area (Å²) in [7, 11) is 0. The first kappa shape index (κ1) is 22.3. The lowest BCUT2D eigenvalue weighted by Crippen LogP contribution is -2.10. The molecule has 0 saturated heterocycles. The van der Waals surface area contributed by atoms with Crippen molar-refractivity contribution in [2.24, 2.45) is 0 Å². The molecule has 0 aliphatic rings. The van der Waals surface area contributed by atoms with Crippen LogP contribution in [-0.2, 0) is 23.8 Å². The summed E-state index contributed by atoms with van der Waals surface area (Å²) >= 11 is 5.58. The van der Waals surface area contributed by atoms with Gasteiger partial charge in [-0.3, -0.25) is 4.79 Å². The maximum Gasteiger partial charge on any atom is 0.417 e. The molecule has 0 fully saturated rings. The van der Waals surface area contributed by atoms with Crippen LogP contribution < -0.4 is 4.74 Å². The molecule has 0 unspecified atom stereocenters. The van der Waals surface area contributed by atoms with E-state index in [0.717, 1.165) is 18.2 Å². The van der Waals surface area contributed by atoms with Crippen LogP contribution in [0.3, 0.4) is 0 Å². The Morgan fingerprint density at radius 3 is 2.26 bits per heavy atom. The molecule has 0 aliphatic heterocycles. The average Bonchev–Trinajstić information content (AvgIpc) is 2.71. The van der Waals surface area contributed by atoms with Gasteiger partial charge in [-0.15, -0.1) is 0 Å². The molecule has 31 heavy (non-hydrogen) atoms. The van der Waals surface area contributed by atoms with Crippen molar-refractivity contribution in [1.82, 2.24) is 0 Å². The van der Waals surface area contributed by atoms with Gasteiger partial charge in [-0.25, -0.2) is 9.24 Å². The van der Waals surface area contributed by atoms with Crippen LogP contribution in [0.2, 0.25) is 5.02 Å². The Balaban J connectivity index is 1.67. The number of alkyl halides is 3. The van der Waals surface area contributed by atoms with Gasteiger partial charge in [0.25, 0.3) is 0 Å². The zero-order valence-electron chi connectivity index (χ0n) is 15.8. The molecule has 0 spiro atoms. The second-order valence-corrected chi connectivity index (χ2v) is 7.07. The van der Waals surface area contributed by atoms with Crippen molar-refractivity contribution in [1.29, 1.82) is 0 Å². The van der Waals surface area contributed by atoms with Crippen LogP contribution in [0.25, 0.3) is 4.85 Å². The van der Waals surface area contributed by atoms with Crippen molar-refractivity contribution in [3.8, 4) is 11.5 Å². The lowest BCUT2D eigenvalue weighted by atomic mass is 10.0. The molecular formula is C23H14ClF4NO2. The Kier molecular flexibility index (Phi) is 6.62. The van der Waals surface area contributed by atoms with Gasteiger partial charge in [0.1, 0.15) is 23.1 Å². The van der Waals surface area contributed by atoms with Gasteiger partial charge in [0.05, 0.1) is 17.2 Å². The molecular weight excluding hydrogens is 434 g/mol. The fraction of sp³-hybridized carbons (Fsp3) is 0.130. The first-order valence-corrected chi connectivity index (χ1v) is 9.34. The lowest BCUT2D eigenvalue weighted by molar-refractivity contribution is -0.137. The van der Waals surface area contributed by atoms with Gasteiger partial charge < -0.3 is 4.74 Å². The maximum atomic E-state index is 14.4. The third-order valence-corrected chi connectivity index (χ3v) is 4.68. The number of Topliss-reactive ketones (excluding diaryl/α,β-unsaturated/α-hetero) is 1. The van der Waals surface area contributed by atoms with Crippen LogP contribution in [0.15, 0.2) is 60.7 Å². The second kappa shape index (κ2) is 9.19. The van der Waals surface area contributed by atoms with E-state index in [9.17, 15) is 22.4 Å². The van der Waals surface area contributed by atoms with Crippen molar-refractivity contribution < 1.29 is 27.1 Å².